The number of nitriles is 1. The minimum atomic E-state index is -0.774. The molecule has 1 atom stereocenters. The average molecular weight is 257 g/mol. The number of carbonyl (C=O) groups is 2. The van der Waals surface area contributed by atoms with E-state index in [4.69, 9.17) is 11.0 Å². The van der Waals surface area contributed by atoms with Gasteiger partial charge in [-0.2, -0.15) is 5.26 Å². The van der Waals surface area contributed by atoms with E-state index < -0.39 is 11.8 Å². The van der Waals surface area contributed by atoms with E-state index in [0.29, 0.717) is 18.7 Å². The molecule has 0 saturated carbocycles. The zero-order valence-corrected chi connectivity index (χ0v) is 10.7. The number of nitrogens with zero attached hydrogens (tertiary/aromatic N) is 2. The molecule has 0 saturated heterocycles. The number of rotatable bonds is 3. The largest absolute Gasteiger partial charge is 0.326 e. The third kappa shape index (κ3) is 2.23. The first-order valence-corrected chi connectivity index (χ1v) is 6.20. The number of benzene rings is 1. The van der Waals surface area contributed by atoms with Crippen molar-refractivity contribution < 1.29 is 9.59 Å². The van der Waals surface area contributed by atoms with Crippen molar-refractivity contribution in [1.29, 1.82) is 5.26 Å². The fourth-order valence-electron chi connectivity index (χ4n) is 2.22. The minimum Gasteiger partial charge on any atom is -0.326 e. The van der Waals surface area contributed by atoms with Gasteiger partial charge in [0.15, 0.2) is 0 Å². The van der Waals surface area contributed by atoms with E-state index in [9.17, 15) is 9.59 Å². The predicted octanol–water partition coefficient (Wildman–Crippen LogP) is 1.11. The summed E-state index contributed by atoms with van der Waals surface area (Å²) in [6.07, 6.45) is 0.589. The molecule has 5 nitrogen and oxygen atoms in total. The minimum absolute atomic E-state index is 0.191. The molecule has 1 heterocycles. The maximum atomic E-state index is 12.2. The molecule has 0 aromatic heterocycles. The molecule has 1 aliphatic heterocycles. The van der Waals surface area contributed by atoms with Crippen LogP contribution in [0.2, 0.25) is 0 Å². The highest BCUT2D eigenvalue weighted by Crippen LogP contribution is 2.31. The lowest BCUT2D eigenvalue weighted by Gasteiger charge is -2.18. The van der Waals surface area contributed by atoms with Gasteiger partial charge in [0, 0.05) is 6.54 Å². The van der Waals surface area contributed by atoms with Crippen LogP contribution in [-0.2, 0) is 22.6 Å². The summed E-state index contributed by atoms with van der Waals surface area (Å²) < 4.78 is 0. The lowest BCUT2D eigenvalue weighted by atomic mass is 10.1. The van der Waals surface area contributed by atoms with Gasteiger partial charge in [0.25, 0.3) is 5.91 Å². The van der Waals surface area contributed by atoms with Crippen molar-refractivity contribution >= 4 is 17.5 Å². The van der Waals surface area contributed by atoms with Crippen molar-refractivity contribution in [1.82, 2.24) is 0 Å². The Labute approximate surface area is 111 Å². The maximum absolute atomic E-state index is 12.2. The van der Waals surface area contributed by atoms with E-state index in [1.165, 1.54) is 0 Å². The molecule has 1 aromatic carbocycles. The summed E-state index contributed by atoms with van der Waals surface area (Å²) in [6.45, 7) is 2.15. The van der Waals surface area contributed by atoms with Crippen LogP contribution >= 0.6 is 0 Å². The van der Waals surface area contributed by atoms with E-state index in [-0.39, 0.29) is 12.3 Å². The Morgan fingerprint density at radius 3 is 2.89 bits per heavy atom. The molecule has 5 heteroatoms. The van der Waals surface area contributed by atoms with E-state index >= 15 is 0 Å². The topological polar surface area (TPSA) is 87.2 Å². The highest BCUT2D eigenvalue weighted by Gasteiger charge is 2.35. The number of hydrogen-bond donors (Lipinski definition) is 1. The molecule has 2 N–H and O–H groups in total. The van der Waals surface area contributed by atoms with Gasteiger partial charge in [-0.3, -0.25) is 9.59 Å². The zero-order valence-electron chi connectivity index (χ0n) is 10.7. The van der Waals surface area contributed by atoms with Gasteiger partial charge >= 0.3 is 0 Å². The second-order valence-corrected chi connectivity index (χ2v) is 4.50. The summed E-state index contributed by atoms with van der Waals surface area (Å²) >= 11 is 0. The SMILES string of the molecule is CCC(C#N)C(=O)N1C(=O)Cc2cc(CN)ccc21. The maximum Gasteiger partial charge on any atom is 0.251 e. The smallest absolute Gasteiger partial charge is 0.251 e. The van der Waals surface area contributed by atoms with Crippen LogP contribution in [0.1, 0.15) is 24.5 Å². The van der Waals surface area contributed by atoms with Crippen LogP contribution in [0.4, 0.5) is 5.69 Å². The first kappa shape index (κ1) is 13.2. The quantitative estimate of drug-likeness (QED) is 0.878. The third-order valence-corrected chi connectivity index (χ3v) is 3.29. The van der Waals surface area contributed by atoms with Gasteiger partial charge in [-0.25, -0.2) is 4.90 Å². The number of amides is 2. The Kier molecular flexibility index (Phi) is 3.63. The molecule has 2 amide bonds. The van der Waals surface area contributed by atoms with E-state index in [1.54, 1.807) is 19.1 Å². The van der Waals surface area contributed by atoms with Crippen LogP contribution in [0.15, 0.2) is 18.2 Å². The number of anilines is 1. The van der Waals surface area contributed by atoms with Crippen molar-refractivity contribution in [3.63, 3.8) is 0 Å². The van der Waals surface area contributed by atoms with Gasteiger partial charge in [-0.1, -0.05) is 19.1 Å². The van der Waals surface area contributed by atoms with Crippen LogP contribution in [0.5, 0.6) is 0 Å². The standard InChI is InChI=1S/C14H15N3O2/c1-2-10(8-16)14(19)17-12-4-3-9(7-15)5-11(12)6-13(17)18/h3-5,10H,2,6-7,15H2,1H3. The van der Waals surface area contributed by atoms with Crippen LogP contribution in [0, 0.1) is 17.2 Å². The lowest BCUT2D eigenvalue weighted by Crippen LogP contribution is -2.37. The van der Waals surface area contributed by atoms with Gasteiger partial charge in [-0.05, 0) is 23.6 Å². The number of nitrogens with two attached hydrogens (primary N) is 1. The highest BCUT2D eigenvalue weighted by atomic mass is 16.2. The van der Waals surface area contributed by atoms with Crippen molar-refractivity contribution in [2.24, 2.45) is 11.7 Å². The summed E-state index contributed by atoms with van der Waals surface area (Å²) in [5.41, 5.74) is 7.86. The van der Waals surface area contributed by atoms with E-state index in [2.05, 4.69) is 0 Å². The van der Waals surface area contributed by atoms with Gasteiger partial charge < -0.3 is 5.73 Å². The van der Waals surface area contributed by atoms with Crippen LogP contribution in [0.25, 0.3) is 0 Å². The molecule has 0 radical (unpaired) electrons. The van der Waals surface area contributed by atoms with Gasteiger partial charge in [0.1, 0.15) is 5.92 Å². The summed E-state index contributed by atoms with van der Waals surface area (Å²) in [6, 6.07) is 7.30. The van der Waals surface area contributed by atoms with Crippen molar-refractivity contribution in [3.8, 4) is 6.07 Å². The Balaban J connectivity index is 2.38. The Morgan fingerprint density at radius 1 is 1.58 bits per heavy atom. The average Bonchev–Trinajstić information content (AvgIpc) is 2.74. The normalized spacial score (nSPS) is 15.0. The molecule has 0 spiro atoms. The summed E-state index contributed by atoms with van der Waals surface area (Å²) in [5, 5.41) is 8.95. The molecule has 1 aromatic rings. The van der Waals surface area contributed by atoms with E-state index in [1.807, 2.05) is 12.1 Å². The molecular weight excluding hydrogens is 242 g/mol. The molecule has 19 heavy (non-hydrogen) atoms. The van der Waals surface area contributed by atoms with Crippen LogP contribution in [-0.4, -0.2) is 11.8 Å². The van der Waals surface area contributed by atoms with Gasteiger partial charge in [0.2, 0.25) is 5.91 Å². The third-order valence-electron chi connectivity index (χ3n) is 3.29. The van der Waals surface area contributed by atoms with Gasteiger partial charge in [-0.15, -0.1) is 0 Å². The first-order valence-electron chi connectivity index (χ1n) is 6.20. The van der Waals surface area contributed by atoms with E-state index in [0.717, 1.165) is 16.0 Å². The second-order valence-electron chi connectivity index (χ2n) is 4.50. The van der Waals surface area contributed by atoms with Crippen molar-refractivity contribution in [3.05, 3.63) is 29.3 Å². The number of fused-ring (bicyclic) bond motifs is 1. The van der Waals surface area contributed by atoms with Crippen LogP contribution < -0.4 is 10.6 Å². The molecule has 0 bridgehead atoms. The number of hydrogen-bond acceptors (Lipinski definition) is 4. The van der Waals surface area contributed by atoms with Crippen molar-refractivity contribution in [2.75, 3.05) is 4.90 Å². The summed E-state index contributed by atoms with van der Waals surface area (Å²) in [7, 11) is 0. The summed E-state index contributed by atoms with van der Waals surface area (Å²) in [4.78, 5) is 25.3. The number of carbonyl (C=O) groups excluding carboxylic acids is 2. The zero-order chi connectivity index (χ0) is 14.0. The fraction of sp³-hybridized carbons (Fsp3) is 0.357. The summed E-state index contributed by atoms with van der Waals surface area (Å²) in [5.74, 6) is -1.48. The molecule has 2 rings (SSSR count). The Morgan fingerprint density at radius 2 is 2.32 bits per heavy atom. The number of imide groups is 1. The highest BCUT2D eigenvalue weighted by molar-refractivity contribution is 6.20. The Hall–Kier alpha value is -2.19. The molecule has 1 aliphatic rings. The molecule has 0 aliphatic carbocycles. The molecule has 98 valence electrons. The molecule has 0 fully saturated rings. The lowest BCUT2D eigenvalue weighted by molar-refractivity contribution is -0.127. The first-order chi connectivity index (χ1) is 9.12. The fourth-order valence-corrected chi connectivity index (χ4v) is 2.22. The van der Waals surface area contributed by atoms with Crippen LogP contribution in [0.3, 0.4) is 0 Å². The van der Waals surface area contributed by atoms with Gasteiger partial charge in [0.05, 0.1) is 18.2 Å². The monoisotopic (exact) mass is 257 g/mol. The second kappa shape index (κ2) is 5.21. The Bertz CT molecular complexity index is 575. The van der Waals surface area contributed by atoms with Crippen molar-refractivity contribution in [2.45, 2.75) is 26.3 Å². The predicted molar refractivity (Wildman–Crippen MR) is 69.9 cm³/mol. The molecule has 1 unspecified atom stereocenters. The molecular formula is C14H15N3O2.